The zero-order valence-electron chi connectivity index (χ0n) is 9.28. The van der Waals surface area contributed by atoms with Gasteiger partial charge in [-0.15, -0.1) is 10.2 Å². The third kappa shape index (κ3) is 2.37. The van der Waals surface area contributed by atoms with Crippen LogP contribution in [0.25, 0.3) is 0 Å². The van der Waals surface area contributed by atoms with E-state index in [1.807, 2.05) is 0 Å². The minimum absolute atomic E-state index is 0.490. The van der Waals surface area contributed by atoms with Crippen LogP contribution in [0.3, 0.4) is 0 Å². The second-order valence-corrected chi connectivity index (χ2v) is 4.44. The fourth-order valence-electron chi connectivity index (χ4n) is 2.28. The molecule has 0 radical (unpaired) electrons. The van der Waals surface area contributed by atoms with E-state index in [0.29, 0.717) is 18.4 Å². The molecular formula is C11H19N3O. The standard InChI is InChI=1S/C11H19N3O/c1-8-4-2-5-9(8)11-14-13-10(15-11)6-3-7-12/h8-9H,2-7,12H2,1H3. The molecule has 0 bridgehead atoms. The molecule has 0 aliphatic heterocycles. The van der Waals surface area contributed by atoms with Gasteiger partial charge in [0.2, 0.25) is 11.8 Å². The predicted octanol–water partition coefficient (Wildman–Crippen LogP) is 1.86. The lowest BCUT2D eigenvalue weighted by Gasteiger charge is -2.09. The molecule has 1 fully saturated rings. The average molecular weight is 209 g/mol. The molecule has 1 saturated carbocycles. The van der Waals surface area contributed by atoms with Crippen molar-refractivity contribution in [1.29, 1.82) is 0 Å². The minimum Gasteiger partial charge on any atom is -0.425 e. The quantitative estimate of drug-likeness (QED) is 0.822. The van der Waals surface area contributed by atoms with Crippen molar-refractivity contribution in [2.24, 2.45) is 11.7 Å². The summed E-state index contributed by atoms with van der Waals surface area (Å²) in [7, 11) is 0. The van der Waals surface area contributed by atoms with Gasteiger partial charge in [0.1, 0.15) is 0 Å². The molecule has 0 saturated heterocycles. The van der Waals surface area contributed by atoms with E-state index < -0.39 is 0 Å². The summed E-state index contributed by atoms with van der Waals surface area (Å²) in [5, 5.41) is 8.20. The number of nitrogens with zero attached hydrogens (tertiary/aromatic N) is 2. The van der Waals surface area contributed by atoms with Crippen molar-refractivity contribution < 1.29 is 4.42 Å². The van der Waals surface area contributed by atoms with E-state index in [4.69, 9.17) is 10.2 Å². The van der Waals surface area contributed by atoms with Crippen LogP contribution < -0.4 is 5.73 Å². The van der Waals surface area contributed by atoms with Gasteiger partial charge in [0.05, 0.1) is 0 Å². The van der Waals surface area contributed by atoms with Gasteiger partial charge in [-0.3, -0.25) is 0 Å². The molecule has 4 heteroatoms. The SMILES string of the molecule is CC1CCCC1c1nnc(CCCN)o1. The molecule has 2 atom stereocenters. The predicted molar refractivity (Wildman–Crippen MR) is 57.4 cm³/mol. The van der Waals surface area contributed by atoms with Crippen LogP contribution >= 0.6 is 0 Å². The van der Waals surface area contributed by atoms with Crippen LogP contribution in [-0.2, 0) is 6.42 Å². The van der Waals surface area contributed by atoms with Crippen LogP contribution in [0.15, 0.2) is 4.42 Å². The molecule has 0 aromatic carbocycles. The Kier molecular flexibility index (Phi) is 3.36. The number of hydrogen-bond donors (Lipinski definition) is 1. The van der Waals surface area contributed by atoms with Gasteiger partial charge in [-0.25, -0.2) is 0 Å². The first-order valence-corrected chi connectivity index (χ1v) is 5.83. The fraction of sp³-hybridized carbons (Fsp3) is 0.818. The monoisotopic (exact) mass is 209 g/mol. The van der Waals surface area contributed by atoms with Crippen LogP contribution in [0.1, 0.15) is 50.3 Å². The summed E-state index contributed by atoms with van der Waals surface area (Å²) in [5.74, 6) is 2.76. The molecular weight excluding hydrogens is 190 g/mol. The number of nitrogens with two attached hydrogens (primary N) is 1. The lowest BCUT2D eigenvalue weighted by Crippen LogP contribution is -2.02. The van der Waals surface area contributed by atoms with Crippen molar-refractivity contribution in [3.63, 3.8) is 0 Å². The van der Waals surface area contributed by atoms with Crippen molar-refractivity contribution in [3.05, 3.63) is 11.8 Å². The van der Waals surface area contributed by atoms with Gasteiger partial charge >= 0.3 is 0 Å². The Morgan fingerprint density at radius 3 is 2.93 bits per heavy atom. The number of aromatic nitrogens is 2. The second-order valence-electron chi connectivity index (χ2n) is 4.44. The van der Waals surface area contributed by atoms with Crippen molar-refractivity contribution in [2.75, 3.05) is 6.54 Å². The average Bonchev–Trinajstić information content (AvgIpc) is 2.83. The molecule has 84 valence electrons. The van der Waals surface area contributed by atoms with Gasteiger partial charge in [0.15, 0.2) is 0 Å². The van der Waals surface area contributed by atoms with E-state index in [-0.39, 0.29) is 0 Å². The van der Waals surface area contributed by atoms with Crippen molar-refractivity contribution in [1.82, 2.24) is 10.2 Å². The highest BCUT2D eigenvalue weighted by Crippen LogP contribution is 2.38. The summed E-state index contributed by atoms with van der Waals surface area (Å²) < 4.78 is 5.66. The van der Waals surface area contributed by atoms with Crippen LogP contribution in [0.5, 0.6) is 0 Å². The molecule has 0 amide bonds. The molecule has 1 aliphatic carbocycles. The first-order valence-electron chi connectivity index (χ1n) is 5.83. The topological polar surface area (TPSA) is 64.9 Å². The Bertz CT molecular complexity index is 311. The van der Waals surface area contributed by atoms with E-state index >= 15 is 0 Å². The Hall–Kier alpha value is -0.900. The Morgan fingerprint density at radius 1 is 1.40 bits per heavy atom. The summed E-state index contributed by atoms with van der Waals surface area (Å²) in [6, 6.07) is 0. The maximum atomic E-state index is 5.66. The number of hydrogen-bond acceptors (Lipinski definition) is 4. The highest BCUT2D eigenvalue weighted by Gasteiger charge is 2.29. The van der Waals surface area contributed by atoms with E-state index in [1.165, 1.54) is 19.3 Å². The largest absolute Gasteiger partial charge is 0.425 e. The normalized spacial score (nSPS) is 26.0. The molecule has 1 heterocycles. The van der Waals surface area contributed by atoms with Crippen molar-refractivity contribution in [2.45, 2.75) is 44.9 Å². The van der Waals surface area contributed by atoms with Crippen LogP contribution in [0.2, 0.25) is 0 Å². The van der Waals surface area contributed by atoms with Gasteiger partial charge in [-0.1, -0.05) is 13.3 Å². The maximum absolute atomic E-state index is 5.66. The summed E-state index contributed by atoms with van der Waals surface area (Å²) in [6.45, 7) is 2.94. The highest BCUT2D eigenvalue weighted by atomic mass is 16.4. The van der Waals surface area contributed by atoms with E-state index in [9.17, 15) is 0 Å². The zero-order valence-corrected chi connectivity index (χ0v) is 9.28. The molecule has 2 N–H and O–H groups in total. The molecule has 2 rings (SSSR count). The number of rotatable bonds is 4. The molecule has 1 aromatic rings. The van der Waals surface area contributed by atoms with Crippen molar-refractivity contribution >= 4 is 0 Å². The smallest absolute Gasteiger partial charge is 0.219 e. The van der Waals surface area contributed by atoms with Gasteiger partial charge in [-0.2, -0.15) is 0 Å². The van der Waals surface area contributed by atoms with Crippen LogP contribution in [0, 0.1) is 5.92 Å². The lowest BCUT2D eigenvalue weighted by molar-refractivity contribution is 0.379. The third-order valence-corrected chi connectivity index (χ3v) is 3.26. The van der Waals surface area contributed by atoms with E-state index in [0.717, 1.165) is 24.6 Å². The summed E-state index contributed by atoms with van der Waals surface area (Å²) in [4.78, 5) is 0. The Balaban J connectivity index is 1.99. The minimum atomic E-state index is 0.490. The van der Waals surface area contributed by atoms with Crippen LogP contribution in [0.4, 0.5) is 0 Å². The van der Waals surface area contributed by atoms with Gasteiger partial charge in [0, 0.05) is 12.3 Å². The van der Waals surface area contributed by atoms with Gasteiger partial charge in [-0.05, 0) is 31.7 Å². The zero-order chi connectivity index (χ0) is 10.7. The Labute approximate surface area is 90.3 Å². The molecule has 0 spiro atoms. The summed E-state index contributed by atoms with van der Waals surface area (Å²) in [5.41, 5.74) is 5.44. The van der Waals surface area contributed by atoms with Crippen LogP contribution in [-0.4, -0.2) is 16.7 Å². The van der Waals surface area contributed by atoms with E-state index in [1.54, 1.807) is 0 Å². The molecule has 4 nitrogen and oxygen atoms in total. The van der Waals surface area contributed by atoms with Gasteiger partial charge in [0.25, 0.3) is 0 Å². The first kappa shape index (κ1) is 10.6. The Morgan fingerprint density at radius 2 is 2.27 bits per heavy atom. The summed E-state index contributed by atoms with van der Waals surface area (Å²) >= 11 is 0. The lowest BCUT2D eigenvalue weighted by atomic mass is 9.98. The summed E-state index contributed by atoms with van der Waals surface area (Å²) in [6.07, 6.45) is 5.49. The van der Waals surface area contributed by atoms with Gasteiger partial charge < -0.3 is 10.2 Å². The van der Waals surface area contributed by atoms with E-state index in [2.05, 4.69) is 17.1 Å². The third-order valence-electron chi connectivity index (χ3n) is 3.26. The fourth-order valence-corrected chi connectivity index (χ4v) is 2.28. The first-order chi connectivity index (χ1) is 7.31. The molecule has 2 unspecified atom stereocenters. The number of aryl methyl sites for hydroxylation is 1. The molecule has 1 aliphatic rings. The highest BCUT2D eigenvalue weighted by molar-refractivity contribution is 4.97. The second kappa shape index (κ2) is 4.75. The molecule has 15 heavy (non-hydrogen) atoms. The maximum Gasteiger partial charge on any atom is 0.219 e. The molecule has 1 aromatic heterocycles. The van der Waals surface area contributed by atoms with Crippen molar-refractivity contribution in [3.8, 4) is 0 Å².